The number of hydrogen-bond donors (Lipinski definition) is 2. The lowest BCUT2D eigenvalue weighted by Crippen LogP contribution is -2.43. The van der Waals surface area contributed by atoms with E-state index < -0.39 is 0 Å². The number of carbonyl (C=O) groups is 2. The summed E-state index contributed by atoms with van der Waals surface area (Å²) in [4.78, 5) is 31.2. The summed E-state index contributed by atoms with van der Waals surface area (Å²) < 4.78 is 1.82. The highest BCUT2D eigenvalue weighted by Gasteiger charge is 2.58. The first-order valence-corrected chi connectivity index (χ1v) is 10.7. The van der Waals surface area contributed by atoms with E-state index in [0.29, 0.717) is 25.6 Å². The second-order valence-corrected chi connectivity index (χ2v) is 8.30. The van der Waals surface area contributed by atoms with Crippen molar-refractivity contribution in [3.63, 3.8) is 0 Å². The monoisotopic (exact) mass is 546 g/mol. The molecule has 1 aromatic heterocycles. The lowest BCUT2D eigenvalue weighted by Gasteiger charge is -2.18. The molecule has 2 bridgehead atoms. The van der Waals surface area contributed by atoms with Crippen LogP contribution in [0.3, 0.4) is 0 Å². The van der Waals surface area contributed by atoms with Gasteiger partial charge in [0.15, 0.2) is 5.96 Å². The quantitative estimate of drug-likeness (QED) is 0.190. The molecular formula is C23H27IN6O2. The maximum absolute atomic E-state index is 12.8. The minimum Gasteiger partial charge on any atom is -0.355 e. The third-order valence-corrected chi connectivity index (χ3v) is 6.55. The Morgan fingerprint density at radius 2 is 1.88 bits per heavy atom. The number of guanidine groups is 1. The van der Waals surface area contributed by atoms with Gasteiger partial charge >= 0.3 is 0 Å². The molecule has 2 amide bonds. The van der Waals surface area contributed by atoms with E-state index in [-0.39, 0.29) is 59.5 Å². The number of aliphatic imine (C=N–C) groups is 1. The highest BCUT2D eigenvalue weighted by Crippen LogP contribution is 2.52. The average Bonchev–Trinajstić information content (AvgIpc) is 3.58. The molecule has 32 heavy (non-hydrogen) atoms. The summed E-state index contributed by atoms with van der Waals surface area (Å²) in [6, 6.07) is 9.99. The molecule has 4 atom stereocenters. The first kappa shape index (κ1) is 22.5. The number of fused-ring (bicyclic) bond motifs is 5. The van der Waals surface area contributed by atoms with Crippen molar-refractivity contribution in [2.75, 3.05) is 20.1 Å². The Morgan fingerprint density at radius 3 is 2.53 bits per heavy atom. The first-order valence-electron chi connectivity index (χ1n) is 10.7. The number of carbonyl (C=O) groups excluding carboxylic acids is 2. The highest BCUT2D eigenvalue weighted by atomic mass is 127. The van der Waals surface area contributed by atoms with E-state index in [2.05, 4.69) is 38.9 Å². The molecule has 1 aliphatic heterocycles. The van der Waals surface area contributed by atoms with Gasteiger partial charge in [-0.05, 0) is 42.0 Å². The van der Waals surface area contributed by atoms with Gasteiger partial charge in [-0.25, -0.2) is 4.68 Å². The van der Waals surface area contributed by atoms with E-state index in [9.17, 15) is 9.59 Å². The van der Waals surface area contributed by atoms with Gasteiger partial charge in [0, 0.05) is 39.1 Å². The molecule has 9 heteroatoms. The first-order chi connectivity index (χ1) is 15.2. The zero-order valence-corrected chi connectivity index (χ0v) is 20.2. The topological polar surface area (TPSA) is 91.6 Å². The second-order valence-electron chi connectivity index (χ2n) is 8.30. The number of allylic oxidation sites excluding steroid dienone is 2. The Morgan fingerprint density at radius 1 is 1.12 bits per heavy atom. The van der Waals surface area contributed by atoms with Crippen LogP contribution in [0.4, 0.5) is 0 Å². The summed E-state index contributed by atoms with van der Waals surface area (Å²) in [7, 11) is 1.70. The molecule has 168 valence electrons. The molecule has 1 saturated carbocycles. The molecular weight excluding hydrogens is 519 g/mol. The van der Waals surface area contributed by atoms with Gasteiger partial charge in [0.25, 0.3) is 0 Å². The van der Waals surface area contributed by atoms with Crippen molar-refractivity contribution in [1.82, 2.24) is 25.3 Å². The van der Waals surface area contributed by atoms with E-state index in [4.69, 9.17) is 0 Å². The fraction of sp³-hybridized carbons (Fsp3) is 0.391. The molecule has 3 aliphatic rings. The fourth-order valence-corrected chi connectivity index (χ4v) is 5.11. The highest BCUT2D eigenvalue weighted by molar-refractivity contribution is 14.0. The van der Waals surface area contributed by atoms with Gasteiger partial charge in [0.1, 0.15) is 0 Å². The molecule has 5 rings (SSSR count). The van der Waals surface area contributed by atoms with Crippen molar-refractivity contribution in [1.29, 1.82) is 0 Å². The van der Waals surface area contributed by atoms with Crippen LogP contribution in [0, 0.1) is 23.7 Å². The van der Waals surface area contributed by atoms with Crippen LogP contribution in [-0.4, -0.2) is 52.6 Å². The van der Waals surface area contributed by atoms with Crippen LogP contribution in [0.15, 0.2) is 59.9 Å². The molecule has 8 nitrogen and oxygen atoms in total. The van der Waals surface area contributed by atoms with Gasteiger partial charge in [-0.1, -0.05) is 24.3 Å². The van der Waals surface area contributed by atoms with Gasteiger partial charge < -0.3 is 10.6 Å². The van der Waals surface area contributed by atoms with Gasteiger partial charge in [-0.2, -0.15) is 5.10 Å². The molecule has 1 aromatic carbocycles. The zero-order chi connectivity index (χ0) is 21.4. The third kappa shape index (κ3) is 4.05. The minimum absolute atomic E-state index is 0. The number of hydrogen-bond acceptors (Lipinski definition) is 4. The van der Waals surface area contributed by atoms with Crippen LogP contribution in [-0.2, 0) is 16.1 Å². The van der Waals surface area contributed by atoms with E-state index in [0.717, 1.165) is 17.7 Å². The number of nitrogens with zero attached hydrogens (tertiary/aromatic N) is 4. The largest absolute Gasteiger partial charge is 0.355 e. The van der Waals surface area contributed by atoms with Crippen molar-refractivity contribution in [2.45, 2.75) is 13.0 Å². The molecule has 0 spiro atoms. The van der Waals surface area contributed by atoms with Gasteiger partial charge in [-0.15, -0.1) is 24.0 Å². The second kappa shape index (κ2) is 9.43. The van der Waals surface area contributed by atoms with Crippen molar-refractivity contribution in [2.24, 2.45) is 28.7 Å². The van der Waals surface area contributed by atoms with Crippen LogP contribution in [0.5, 0.6) is 0 Å². The van der Waals surface area contributed by atoms with Crippen molar-refractivity contribution in [3.05, 3.63) is 60.4 Å². The Labute approximate surface area is 204 Å². The van der Waals surface area contributed by atoms with Gasteiger partial charge in [0.05, 0.1) is 17.5 Å². The number of amides is 2. The summed E-state index contributed by atoms with van der Waals surface area (Å²) in [6.07, 6.45) is 8.85. The molecule has 2 fully saturated rings. The SMILES string of the molecule is CN=C(NCCN1C(=O)C2C3C=CC(C3)C2C1=O)NCc1cccc(-n2cccn2)c1.I. The van der Waals surface area contributed by atoms with Gasteiger partial charge in [-0.3, -0.25) is 19.5 Å². The maximum atomic E-state index is 12.8. The van der Waals surface area contributed by atoms with Crippen LogP contribution in [0.25, 0.3) is 5.69 Å². The van der Waals surface area contributed by atoms with Crippen LogP contribution in [0.2, 0.25) is 0 Å². The van der Waals surface area contributed by atoms with Crippen LogP contribution >= 0.6 is 24.0 Å². The van der Waals surface area contributed by atoms with Crippen LogP contribution < -0.4 is 10.6 Å². The predicted molar refractivity (Wildman–Crippen MR) is 132 cm³/mol. The van der Waals surface area contributed by atoms with E-state index in [1.807, 2.05) is 35.1 Å². The predicted octanol–water partition coefficient (Wildman–Crippen LogP) is 1.96. The Hall–Kier alpha value is -2.69. The van der Waals surface area contributed by atoms with Crippen molar-refractivity contribution >= 4 is 41.8 Å². The molecule has 2 aliphatic carbocycles. The lowest BCUT2D eigenvalue weighted by atomic mass is 9.85. The summed E-state index contributed by atoms with van der Waals surface area (Å²) in [5.41, 5.74) is 2.09. The fourth-order valence-electron chi connectivity index (χ4n) is 5.11. The lowest BCUT2D eigenvalue weighted by molar-refractivity contribution is -0.140. The number of aromatic nitrogens is 2. The molecule has 2 aromatic rings. The van der Waals surface area contributed by atoms with Crippen LogP contribution in [0.1, 0.15) is 12.0 Å². The zero-order valence-electron chi connectivity index (χ0n) is 17.8. The van der Waals surface area contributed by atoms with E-state index >= 15 is 0 Å². The standard InChI is InChI=1S/C23H26N6O2.HI/c1-24-23(26-14-15-4-2-5-18(12-15)29-10-3-8-27-29)25-9-11-28-21(30)19-16-6-7-17(13-16)20(19)22(28)31;/h2-8,10,12,16-17,19-20H,9,11,13-14H2,1H3,(H2,24,25,26);1H. The Balaban J connectivity index is 0.00000245. The Bertz CT molecular complexity index is 1020. The third-order valence-electron chi connectivity index (χ3n) is 6.55. The number of imide groups is 1. The number of benzene rings is 1. The Kier molecular flexibility index (Phi) is 6.63. The average molecular weight is 546 g/mol. The maximum Gasteiger partial charge on any atom is 0.233 e. The summed E-state index contributed by atoms with van der Waals surface area (Å²) >= 11 is 0. The molecule has 1 saturated heterocycles. The number of rotatable bonds is 6. The summed E-state index contributed by atoms with van der Waals surface area (Å²) in [6.45, 7) is 1.42. The molecule has 0 radical (unpaired) electrons. The number of nitrogens with one attached hydrogen (secondary N) is 2. The van der Waals surface area contributed by atoms with Crippen molar-refractivity contribution < 1.29 is 9.59 Å². The smallest absolute Gasteiger partial charge is 0.233 e. The summed E-state index contributed by atoms with van der Waals surface area (Å²) in [5, 5.41) is 10.8. The number of halogens is 1. The summed E-state index contributed by atoms with van der Waals surface area (Å²) in [5.74, 6) is 0.835. The minimum atomic E-state index is -0.137. The molecule has 2 heterocycles. The molecule has 4 unspecified atom stereocenters. The molecule has 2 N–H and O–H groups in total. The van der Waals surface area contributed by atoms with E-state index in [1.54, 1.807) is 13.2 Å². The van der Waals surface area contributed by atoms with E-state index in [1.165, 1.54) is 4.90 Å². The normalized spacial score (nSPS) is 25.8. The number of likely N-dealkylation sites (tertiary alicyclic amines) is 1. The van der Waals surface area contributed by atoms with Gasteiger partial charge in [0.2, 0.25) is 11.8 Å². The van der Waals surface area contributed by atoms with Crippen molar-refractivity contribution in [3.8, 4) is 5.69 Å².